The molecule has 1 amide bonds. The minimum atomic E-state index is -3.50. The van der Waals surface area contributed by atoms with Crippen LogP contribution in [0.1, 0.15) is 26.3 Å². The van der Waals surface area contributed by atoms with Crippen LogP contribution in [0, 0.1) is 0 Å². The predicted octanol–water partition coefficient (Wildman–Crippen LogP) is 2.27. The number of anilines is 2. The number of hydrogen-bond donors (Lipinski definition) is 2. The number of benzene rings is 1. The Hall–Kier alpha value is -2.82. The van der Waals surface area contributed by atoms with Crippen LogP contribution < -0.4 is 15.5 Å². The van der Waals surface area contributed by atoms with Crippen molar-refractivity contribution < 1.29 is 13.2 Å². The van der Waals surface area contributed by atoms with Gasteiger partial charge in [-0.1, -0.05) is 18.2 Å². The van der Waals surface area contributed by atoms with Gasteiger partial charge in [0.1, 0.15) is 16.0 Å². The van der Waals surface area contributed by atoms with Gasteiger partial charge >= 0.3 is 0 Å². The summed E-state index contributed by atoms with van der Waals surface area (Å²) in [5.74, 6) is -0.375. The molecule has 5 rings (SSSR count). The molecule has 0 saturated carbocycles. The molecule has 2 N–H and O–H groups in total. The van der Waals surface area contributed by atoms with Gasteiger partial charge in [0.15, 0.2) is 9.84 Å². The first-order valence-electron chi connectivity index (χ1n) is 10.0. The van der Waals surface area contributed by atoms with Crippen LogP contribution in [0.15, 0.2) is 53.0 Å². The molecule has 0 aliphatic carbocycles. The molecule has 1 fully saturated rings. The molecule has 10 heteroatoms. The number of sulfone groups is 1. The molecule has 1 unspecified atom stereocenters. The van der Waals surface area contributed by atoms with Gasteiger partial charge in [-0.3, -0.25) is 9.78 Å². The van der Waals surface area contributed by atoms with Crippen molar-refractivity contribution in [2.75, 3.05) is 36.4 Å². The van der Waals surface area contributed by atoms with E-state index in [1.54, 1.807) is 29.9 Å². The number of piperazine rings is 1. The van der Waals surface area contributed by atoms with E-state index in [2.05, 4.69) is 25.5 Å². The van der Waals surface area contributed by atoms with Gasteiger partial charge in [0.25, 0.3) is 5.91 Å². The number of pyridine rings is 1. The number of thiazole rings is 1. The van der Waals surface area contributed by atoms with Gasteiger partial charge in [0.05, 0.1) is 22.5 Å². The topological polar surface area (TPSA) is 104 Å². The third-order valence-electron chi connectivity index (χ3n) is 5.59. The number of aromatic nitrogens is 2. The summed E-state index contributed by atoms with van der Waals surface area (Å²) in [6, 6.07) is 8.90. The third-order valence-corrected chi connectivity index (χ3v) is 8.85. The van der Waals surface area contributed by atoms with Gasteiger partial charge < -0.3 is 15.5 Å². The molecule has 2 aliphatic heterocycles. The quantitative estimate of drug-likeness (QED) is 0.622. The van der Waals surface area contributed by atoms with Crippen LogP contribution in [0.25, 0.3) is 0 Å². The van der Waals surface area contributed by atoms with Crippen molar-refractivity contribution in [1.29, 1.82) is 0 Å². The van der Waals surface area contributed by atoms with Crippen LogP contribution in [0.2, 0.25) is 0 Å². The lowest BCUT2D eigenvalue weighted by molar-refractivity contribution is 0.102. The van der Waals surface area contributed by atoms with Crippen molar-refractivity contribution in [3.05, 3.63) is 64.4 Å². The summed E-state index contributed by atoms with van der Waals surface area (Å²) >= 11 is 1.21. The zero-order valence-electron chi connectivity index (χ0n) is 16.6. The third kappa shape index (κ3) is 3.71. The number of nitrogens with one attached hydrogen (secondary N) is 2. The maximum Gasteiger partial charge on any atom is 0.275 e. The molecule has 2 aliphatic rings. The van der Waals surface area contributed by atoms with E-state index in [4.69, 9.17) is 0 Å². The number of fused-ring (bicyclic) bond motifs is 1. The van der Waals surface area contributed by atoms with Gasteiger partial charge in [-0.05, 0) is 24.1 Å². The molecule has 0 radical (unpaired) electrons. The molecular formula is C21H21N5O3S2. The van der Waals surface area contributed by atoms with Crippen molar-refractivity contribution in [2.24, 2.45) is 0 Å². The van der Waals surface area contributed by atoms with E-state index in [-0.39, 0.29) is 11.6 Å². The van der Waals surface area contributed by atoms with E-state index in [9.17, 15) is 13.2 Å². The lowest BCUT2D eigenvalue weighted by Crippen LogP contribution is -2.43. The van der Waals surface area contributed by atoms with Crippen molar-refractivity contribution in [2.45, 2.75) is 16.6 Å². The smallest absolute Gasteiger partial charge is 0.275 e. The minimum Gasteiger partial charge on any atom is -0.367 e. The Kier molecular flexibility index (Phi) is 5.20. The maximum absolute atomic E-state index is 12.9. The van der Waals surface area contributed by atoms with Crippen LogP contribution in [0.4, 0.5) is 11.4 Å². The average molecular weight is 456 g/mol. The summed E-state index contributed by atoms with van der Waals surface area (Å²) in [5, 5.41) is 7.52. The lowest BCUT2D eigenvalue weighted by atomic mass is 10.1. The predicted molar refractivity (Wildman–Crippen MR) is 119 cm³/mol. The number of amides is 1. The standard InChI is InChI=1S/C21H21N5O3S2/c27-20(24-15-12-23-6-5-17(15)26-9-7-22-8-10-26)16-13-30-21(25-16)19-11-14-3-1-2-4-18(14)31(19,28)29/h1-6,12-13,19,22H,7-11H2,(H,24,27). The van der Waals surface area contributed by atoms with Crippen molar-refractivity contribution in [3.63, 3.8) is 0 Å². The summed E-state index contributed by atoms with van der Waals surface area (Å²) in [4.78, 5) is 24.0. The van der Waals surface area contributed by atoms with Gasteiger partial charge in [0.2, 0.25) is 0 Å². The second-order valence-corrected chi connectivity index (χ2v) is 10.5. The zero-order valence-corrected chi connectivity index (χ0v) is 18.2. The fraction of sp³-hybridized carbons (Fsp3) is 0.286. The van der Waals surface area contributed by atoms with E-state index in [0.29, 0.717) is 22.0 Å². The van der Waals surface area contributed by atoms with Crippen molar-refractivity contribution >= 4 is 38.5 Å². The first kappa shape index (κ1) is 20.1. The normalized spacial score (nSPS) is 19.7. The molecular weight excluding hydrogens is 434 g/mol. The maximum atomic E-state index is 12.9. The van der Waals surface area contributed by atoms with Crippen molar-refractivity contribution in [1.82, 2.24) is 15.3 Å². The molecule has 1 saturated heterocycles. The number of rotatable bonds is 4. The molecule has 3 aromatic rings. The Morgan fingerprint density at radius 1 is 1.19 bits per heavy atom. The van der Waals surface area contributed by atoms with E-state index >= 15 is 0 Å². The highest BCUT2D eigenvalue weighted by atomic mass is 32.2. The summed E-state index contributed by atoms with van der Waals surface area (Å²) in [6.45, 7) is 3.44. The van der Waals surface area contributed by atoms with Crippen LogP contribution in [-0.4, -0.2) is 50.5 Å². The average Bonchev–Trinajstić information content (AvgIpc) is 3.38. The zero-order chi connectivity index (χ0) is 21.4. The Morgan fingerprint density at radius 2 is 2.00 bits per heavy atom. The SMILES string of the molecule is O=C(Nc1cnccc1N1CCNCC1)c1csc(C2Cc3ccccc3S2(=O)=O)n1. The molecule has 0 spiro atoms. The highest BCUT2D eigenvalue weighted by Crippen LogP contribution is 2.41. The second-order valence-electron chi connectivity index (χ2n) is 7.50. The van der Waals surface area contributed by atoms with E-state index in [1.165, 1.54) is 11.3 Å². The number of carbonyl (C=O) groups excluding carboxylic acids is 1. The Balaban J connectivity index is 1.36. The van der Waals surface area contributed by atoms with Gasteiger partial charge in [-0.2, -0.15) is 0 Å². The van der Waals surface area contributed by atoms with E-state index in [0.717, 1.165) is 37.4 Å². The molecule has 31 heavy (non-hydrogen) atoms. The molecule has 4 heterocycles. The van der Waals surface area contributed by atoms with Crippen LogP contribution in [0.3, 0.4) is 0 Å². The lowest BCUT2D eigenvalue weighted by Gasteiger charge is -2.30. The van der Waals surface area contributed by atoms with Crippen LogP contribution in [-0.2, 0) is 16.3 Å². The van der Waals surface area contributed by atoms with E-state index < -0.39 is 15.1 Å². The summed E-state index contributed by atoms with van der Waals surface area (Å²) in [7, 11) is -3.50. The molecule has 0 bridgehead atoms. The van der Waals surface area contributed by atoms with Gasteiger partial charge in [-0.15, -0.1) is 11.3 Å². The summed E-state index contributed by atoms with van der Waals surface area (Å²) in [5.41, 5.74) is 2.53. The van der Waals surface area contributed by atoms with Crippen LogP contribution in [0.5, 0.6) is 0 Å². The molecule has 2 aromatic heterocycles. The first-order valence-corrected chi connectivity index (χ1v) is 12.4. The number of carbonyl (C=O) groups is 1. The monoisotopic (exact) mass is 455 g/mol. The minimum absolute atomic E-state index is 0.210. The fourth-order valence-electron chi connectivity index (χ4n) is 4.02. The summed E-state index contributed by atoms with van der Waals surface area (Å²) < 4.78 is 25.8. The largest absolute Gasteiger partial charge is 0.367 e. The highest BCUT2D eigenvalue weighted by Gasteiger charge is 2.39. The molecule has 160 valence electrons. The number of nitrogens with zero attached hydrogens (tertiary/aromatic N) is 3. The molecule has 1 atom stereocenters. The van der Waals surface area contributed by atoms with Crippen molar-refractivity contribution in [3.8, 4) is 0 Å². The van der Waals surface area contributed by atoms with Gasteiger partial charge in [0, 0.05) is 37.8 Å². The summed E-state index contributed by atoms with van der Waals surface area (Å²) in [6.07, 6.45) is 3.71. The Morgan fingerprint density at radius 3 is 2.81 bits per heavy atom. The Bertz CT molecular complexity index is 1240. The fourth-order valence-corrected chi connectivity index (χ4v) is 7.16. The molecule has 1 aromatic carbocycles. The first-order chi connectivity index (χ1) is 15.0. The van der Waals surface area contributed by atoms with E-state index in [1.807, 2.05) is 18.2 Å². The highest BCUT2D eigenvalue weighted by molar-refractivity contribution is 7.92. The van der Waals surface area contributed by atoms with Crippen LogP contribution >= 0.6 is 11.3 Å². The molecule has 8 nitrogen and oxygen atoms in total. The number of hydrogen-bond acceptors (Lipinski definition) is 8. The Labute approximate surface area is 184 Å². The second kappa shape index (κ2) is 8.03. The van der Waals surface area contributed by atoms with Gasteiger partial charge in [-0.25, -0.2) is 13.4 Å².